The Morgan fingerprint density at radius 3 is 2.26 bits per heavy atom. The highest BCUT2D eigenvalue weighted by Crippen LogP contribution is 2.43. The number of Topliss-reactive ketones (excluding diaryl/α,β-unsaturated/α-hetero) is 1. The molecule has 0 amide bonds. The average Bonchev–Trinajstić information content (AvgIpc) is 2.93. The summed E-state index contributed by atoms with van der Waals surface area (Å²) in [5.74, 6) is 5.15. The summed E-state index contributed by atoms with van der Waals surface area (Å²) in [5.41, 5.74) is 13.3. The maximum Gasteiger partial charge on any atom is 0.143 e. The minimum atomic E-state index is -0.175. The van der Waals surface area contributed by atoms with Crippen LogP contribution in [-0.2, 0) is 9.53 Å². The molecular formula is C34H56N2O2. The van der Waals surface area contributed by atoms with Gasteiger partial charge in [-0.3, -0.25) is 4.79 Å². The van der Waals surface area contributed by atoms with Crippen LogP contribution in [0.1, 0.15) is 124 Å². The molecule has 0 spiro atoms. The maximum atomic E-state index is 13.2. The first kappa shape index (κ1) is 29.3. The number of nitrogens with two attached hydrogens (primary N) is 2. The number of carbonyl (C=O) groups is 1. The van der Waals surface area contributed by atoms with Gasteiger partial charge in [-0.2, -0.15) is 0 Å². The molecule has 4 atom stereocenters. The van der Waals surface area contributed by atoms with Gasteiger partial charge in [0.2, 0.25) is 0 Å². The maximum absolute atomic E-state index is 13.2. The van der Waals surface area contributed by atoms with Crippen LogP contribution in [0, 0.1) is 41.4 Å². The van der Waals surface area contributed by atoms with E-state index < -0.39 is 0 Å². The Balaban J connectivity index is 1.16. The highest BCUT2D eigenvalue weighted by molar-refractivity contribution is 5.85. The molecule has 0 aliphatic heterocycles. The predicted molar refractivity (Wildman–Crippen MR) is 158 cm³/mol. The molecular weight excluding hydrogens is 468 g/mol. The Bertz CT molecular complexity index is 858. The quantitative estimate of drug-likeness (QED) is 0.267. The summed E-state index contributed by atoms with van der Waals surface area (Å²) in [6.07, 6.45) is 27.0. The molecule has 4 nitrogen and oxygen atoms in total. The second-order valence-corrected chi connectivity index (χ2v) is 13.4. The molecule has 0 aromatic heterocycles. The minimum absolute atomic E-state index is 0.0116. The van der Waals surface area contributed by atoms with Gasteiger partial charge in [-0.1, -0.05) is 65.4 Å². The zero-order valence-electron chi connectivity index (χ0n) is 24.6. The molecule has 38 heavy (non-hydrogen) atoms. The van der Waals surface area contributed by atoms with Crippen LogP contribution in [0.4, 0.5) is 0 Å². The number of carbonyl (C=O) groups excluding carboxylic acids is 1. The summed E-state index contributed by atoms with van der Waals surface area (Å²) in [7, 11) is 0. The van der Waals surface area contributed by atoms with Gasteiger partial charge in [0.05, 0.1) is 11.9 Å². The van der Waals surface area contributed by atoms with E-state index in [9.17, 15) is 4.79 Å². The van der Waals surface area contributed by atoms with Crippen molar-refractivity contribution in [3.05, 3.63) is 35.4 Å². The second kappa shape index (κ2) is 14.1. The number of ether oxygens (including phenoxy) is 1. The Morgan fingerprint density at radius 2 is 1.66 bits per heavy atom. The molecule has 4 heteroatoms. The zero-order valence-corrected chi connectivity index (χ0v) is 24.6. The third-order valence-electron chi connectivity index (χ3n) is 10.8. The number of hydrogen-bond donors (Lipinski definition) is 2. The van der Waals surface area contributed by atoms with Gasteiger partial charge in [-0.05, 0) is 93.1 Å². The number of unbranched alkanes of at least 4 members (excludes halogenated alkanes) is 2. The second-order valence-electron chi connectivity index (χ2n) is 13.4. The Morgan fingerprint density at radius 1 is 0.974 bits per heavy atom. The lowest BCUT2D eigenvalue weighted by Crippen LogP contribution is -2.32. The van der Waals surface area contributed by atoms with Crippen LogP contribution in [0.15, 0.2) is 35.4 Å². The van der Waals surface area contributed by atoms with E-state index in [4.69, 9.17) is 16.2 Å². The smallest absolute Gasteiger partial charge is 0.143 e. The van der Waals surface area contributed by atoms with E-state index in [0.29, 0.717) is 35.8 Å². The van der Waals surface area contributed by atoms with Crippen molar-refractivity contribution in [2.45, 2.75) is 130 Å². The van der Waals surface area contributed by atoms with Crippen LogP contribution in [0.2, 0.25) is 0 Å². The fourth-order valence-electron chi connectivity index (χ4n) is 7.99. The molecule has 0 bridgehead atoms. The largest absolute Gasteiger partial charge is 0.495 e. The fourth-order valence-corrected chi connectivity index (χ4v) is 7.99. The number of hydrogen-bond acceptors (Lipinski definition) is 4. The van der Waals surface area contributed by atoms with Gasteiger partial charge in [0.1, 0.15) is 5.78 Å². The fraction of sp³-hybridized carbons (Fsp3) is 0.794. The van der Waals surface area contributed by atoms with Crippen LogP contribution in [0.25, 0.3) is 0 Å². The molecule has 0 radical (unpaired) electrons. The van der Waals surface area contributed by atoms with Crippen molar-refractivity contribution < 1.29 is 9.53 Å². The molecule has 4 aliphatic carbocycles. The predicted octanol–water partition coefficient (Wildman–Crippen LogP) is 8.18. The molecule has 2 fully saturated rings. The van der Waals surface area contributed by atoms with Gasteiger partial charge >= 0.3 is 0 Å². The summed E-state index contributed by atoms with van der Waals surface area (Å²) >= 11 is 0. The van der Waals surface area contributed by atoms with Crippen molar-refractivity contribution in [1.29, 1.82) is 0 Å². The van der Waals surface area contributed by atoms with Crippen molar-refractivity contribution in [3.63, 3.8) is 0 Å². The lowest BCUT2D eigenvalue weighted by molar-refractivity contribution is -0.127. The third kappa shape index (κ3) is 7.92. The highest BCUT2D eigenvalue weighted by atomic mass is 16.5. The van der Waals surface area contributed by atoms with E-state index in [2.05, 4.69) is 26.8 Å². The molecule has 4 rings (SSSR count). The van der Waals surface area contributed by atoms with E-state index >= 15 is 0 Å². The van der Waals surface area contributed by atoms with E-state index in [1.165, 1.54) is 82.8 Å². The SMILES string of the molecule is CCCCCC1CCC(C2CCC(OC3=CCC(C(C)[C@H](C)C(=O)C4C=C(N)C=C(N)C4)CC3)CC2)CC1. The number of rotatable bonds is 11. The van der Waals surface area contributed by atoms with Crippen LogP contribution < -0.4 is 11.5 Å². The topological polar surface area (TPSA) is 78.3 Å². The van der Waals surface area contributed by atoms with Crippen LogP contribution >= 0.6 is 0 Å². The van der Waals surface area contributed by atoms with Gasteiger partial charge in [-0.25, -0.2) is 0 Å². The molecule has 2 saturated carbocycles. The van der Waals surface area contributed by atoms with Gasteiger partial charge in [0.25, 0.3) is 0 Å². The minimum Gasteiger partial charge on any atom is -0.495 e. The van der Waals surface area contributed by atoms with Crippen LogP contribution in [0.3, 0.4) is 0 Å². The highest BCUT2D eigenvalue weighted by Gasteiger charge is 2.34. The molecule has 0 aromatic carbocycles. The number of allylic oxidation sites excluding steroid dienone is 5. The summed E-state index contributed by atoms with van der Waals surface area (Å²) < 4.78 is 6.55. The molecule has 0 heterocycles. The molecule has 0 saturated heterocycles. The van der Waals surface area contributed by atoms with Gasteiger partial charge < -0.3 is 16.2 Å². The molecule has 3 unspecified atom stereocenters. The van der Waals surface area contributed by atoms with Crippen molar-refractivity contribution in [2.24, 2.45) is 52.9 Å². The summed E-state index contributed by atoms with van der Waals surface area (Å²) in [5, 5.41) is 0. The normalized spacial score (nSPS) is 33.9. The Labute approximate surface area is 233 Å². The van der Waals surface area contributed by atoms with Crippen LogP contribution in [0.5, 0.6) is 0 Å². The van der Waals surface area contributed by atoms with Crippen molar-refractivity contribution in [3.8, 4) is 0 Å². The average molecular weight is 525 g/mol. The Hall–Kier alpha value is -1.71. The van der Waals surface area contributed by atoms with E-state index in [1.54, 1.807) is 6.08 Å². The molecule has 0 aromatic rings. The van der Waals surface area contributed by atoms with Crippen molar-refractivity contribution >= 4 is 5.78 Å². The first-order chi connectivity index (χ1) is 18.3. The monoisotopic (exact) mass is 524 g/mol. The van der Waals surface area contributed by atoms with E-state index in [-0.39, 0.29) is 17.6 Å². The molecule has 214 valence electrons. The van der Waals surface area contributed by atoms with Gasteiger partial charge in [0.15, 0.2) is 0 Å². The van der Waals surface area contributed by atoms with Crippen molar-refractivity contribution in [1.82, 2.24) is 0 Å². The van der Waals surface area contributed by atoms with Crippen LogP contribution in [-0.4, -0.2) is 11.9 Å². The first-order valence-electron chi connectivity index (χ1n) is 16.2. The summed E-state index contributed by atoms with van der Waals surface area (Å²) in [6.45, 7) is 6.66. The van der Waals surface area contributed by atoms with Gasteiger partial charge in [-0.15, -0.1) is 0 Å². The zero-order chi connectivity index (χ0) is 27.1. The van der Waals surface area contributed by atoms with Crippen molar-refractivity contribution in [2.75, 3.05) is 0 Å². The molecule has 4 N–H and O–H groups in total. The Kier molecular flexibility index (Phi) is 10.8. The van der Waals surface area contributed by atoms with Gasteiger partial charge in [0, 0.05) is 36.1 Å². The summed E-state index contributed by atoms with van der Waals surface area (Å²) in [6, 6.07) is 0. The standard InChI is InChI=1S/C34H56N2O2/c1-4-5-6-7-25-8-10-27(11-9-25)28-14-18-33(19-15-28)38-32-16-12-26(13-17-32)23(2)24(3)34(37)29-20-30(35)22-31(36)21-29/h16,20,22-29,33H,4-15,17-19,21,35-36H2,1-3H3/t23?,24-,25?,26?,27?,28?,29?,33?/m0/s1. The van der Waals surface area contributed by atoms with E-state index in [1.807, 2.05) is 6.08 Å². The first-order valence-corrected chi connectivity index (χ1v) is 16.2. The van der Waals surface area contributed by atoms with E-state index in [0.717, 1.165) is 37.0 Å². The summed E-state index contributed by atoms with van der Waals surface area (Å²) in [4.78, 5) is 13.2. The lowest BCUT2D eigenvalue weighted by Gasteiger charge is -2.38. The number of ketones is 1. The third-order valence-corrected chi connectivity index (χ3v) is 10.8. The lowest BCUT2D eigenvalue weighted by atomic mass is 9.70. The molecule has 4 aliphatic rings.